The molecular formula is C20H18N4O3S. The number of rotatable bonds is 6. The fourth-order valence-corrected chi connectivity index (χ4v) is 3.43. The van der Waals surface area contributed by atoms with Crippen molar-refractivity contribution in [3.63, 3.8) is 0 Å². The lowest BCUT2D eigenvalue weighted by Gasteiger charge is -2.03. The summed E-state index contributed by atoms with van der Waals surface area (Å²) in [6.45, 7) is 0. The second-order valence-corrected chi connectivity index (χ2v) is 7.52. The van der Waals surface area contributed by atoms with Crippen LogP contribution in [0, 0.1) is 0 Å². The summed E-state index contributed by atoms with van der Waals surface area (Å²) in [6, 6.07) is 19.1. The van der Waals surface area contributed by atoms with Gasteiger partial charge in [0.25, 0.3) is 10.0 Å². The smallest absolute Gasteiger partial charge is 0.285 e. The van der Waals surface area contributed by atoms with Gasteiger partial charge in [-0.15, -0.1) is 4.40 Å². The zero-order chi connectivity index (χ0) is 20.1. The predicted octanol–water partition coefficient (Wildman–Crippen LogP) is 2.61. The van der Waals surface area contributed by atoms with E-state index in [-0.39, 0.29) is 10.7 Å². The number of ketones is 1. The first kappa shape index (κ1) is 19.1. The minimum Gasteiger partial charge on any atom is -0.369 e. The molecule has 0 aromatic heterocycles. The van der Waals surface area contributed by atoms with E-state index in [0.29, 0.717) is 11.3 Å². The maximum atomic E-state index is 12.3. The summed E-state index contributed by atoms with van der Waals surface area (Å²) >= 11 is 0. The van der Waals surface area contributed by atoms with Crippen molar-refractivity contribution in [2.24, 2.45) is 15.9 Å². The van der Waals surface area contributed by atoms with Gasteiger partial charge in [0.1, 0.15) is 0 Å². The van der Waals surface area contributed by atoms with Crippen LogP contribution in [-0.4, -0.2) is 20.2 Å². The van der Waals surface area contributed by atoms with Gasteiger partial charge in [-0.3, -0.25) is 4.79 Å². The Morgan fingerprint density at radius 2 is 1.61 bits per heavy atom. The van der Waals surface area contributed by atoms with Crippen LogP contribution in [0.2, 0.25) is 0 Å². The van der Waals surface area contributed by atoms with Gasteiger partial charge in [0, 0.05) is 23.5 Å². The summed E-state index contributed by atoms with van der Waals surface area (Å²) in [4.78, 5) is 12.3. The molecule has 0 spiro atoms. The van der Waals surface area contributed by atoms with Crippen LogP contribution in [0.5, 0.6) is 0 Å². The zero-order valence-corrected chi connectivity index (χ0v) is 15.6. The Hall–Kier alpha value is -3.65. The van der Waals surface area contributed by atoms with Crippen molar-refractivity contribution in [1.29, 1.82) is 0 Å². The summed E-state index contributed by atoms with van der Waals surface area (Å²) in [5, 5.41) is 4.98. The van der Waals surface area contributed by atoms with Gasteiger partial charge >= 0.3 is 0 Å². The lowest BCUT2D eigenvalue weighted by Crippen LogP contribution is -2.24. The molecule has 0 saturated carbocycles. The average Bonchev–Trinajstić information content (AvgIpc) is 2.67. The van der Waals surface area contributed by atoms with Gasteiger partial charge < -0.3 is 16.8 Å². The monoisotopic (exact) mass is 394 g/mol. The minimum absolute atomic E-state index is 0.0392. The molecule has 0 radical (unpaired) electrons. The van der Waals surface area contributed by atoms with E-state index in [1.54, 1.807) is 18.2 Å². The number of carbonyl (C=O) groups is 1. The van der Waals surface area contributed by atoms with Crippen LogP contribution in [0.15, 0.2) is 88.3 Å². The van der Waals surface area contributed by atoms with Gasteiger partial charge in [0.2, 0.25) is 5.96 Å². The van der Waals surface area contributed by atoms with E-state index in [9.17, 15) is 13.2 Å². The molecule has 0 unspecified atom stereocenters. The lowest BCUT2D eigenvalue weighted by molar-refractivity contribution is 0.104. The highest BCUT2D eigenvalue weighted by molar-refractivity contribution is 7.90. The van der Waals surface area contributed by atoms with E-state index in [2.05, 4.69) is 9.71 Å². The molecule has 0 fully saturated rings. The molecule has 28 heavy (non-hydrogen) atoms. The number of nitrogens with one attached hydrogen (secondary N) is 1. The largest absolute Gasteiger partial charge is 0.369 e. The first-order chi connectivity index (χ1) is 13.3. The normalized spacial score (nSPS) is 11.4. The highest BCUT2D eigenvalue weighted by Gasteiger charge is 2.12. The first-order valence-corrected chi connectivity index (χ1v) is 9.71. The molecule has 3 aromatic carbocycles. The van der Waals surface area contributed by atoms with Crippen molar-refractivity contribution in [1.82, 2.24) is 0 Å². The summed E-state index contributed by atoms with van der Waals surface area (Å²) < 4.78 is 27.0. The first-order valence-electron chi connectivity index (χ1n) is 8.27. The number of allylic oxidation sites excluding steroid dienone is 1. The summed E-state index contributed by atoms with van der Waals surface area (Å²) in [5.41, 5.74) is 11.4. The van der Waals surface area contributed by atoms with Crippen molar-refractivity contribution in [3.05, 3.63) is 84.6 Å². The molecule has 7 nitrogen and oxygen atoms in total. The number of guanidine groups is 1. The standard InChI is InChI=1S/C20H18N4O3S/c21-20(22)24-28(26,27)18-9-7-17(8-10-18)23-12-11-19(25)16-6-5-14-3-1-2-4-15(14)13-16/h1-13,23H,(H4,21,22,24). The summed E-state index contributed by atoms with van der Waals surface area (Å²) in [5.74, 6) is -0.678. The molecule has 0 heterocycles. The van der Waals surface area contributed by atoms with Crippen molar-refractivity contribution < 1.29 is 13.2 Å². The Balaban J connectivity index is 1.68. The van der Waals surface area contributed by atoms with E-state index in [4.69, 9.17) is 11.5 Å². The van der Waals surface area contributed by atoms with Crippen LogP contribution in [0.25, 0.3) is 10.8 Å². The minimum atomic E-state index is -3.93. The number of hydrogen-bond donors (Lipinski definition) is 3. The molecular weight excluding hydrogens is 376 g/mol. The second-order valence-electron chi connectivity index (χ2n) is 5.92. The van der Waals surface area contributed by atoms with Crippen molar-refractivity contribution in [3.8, 4) is 0 Å². The van der Waals surface area contributed by atoms with Gasteiger partial charge in [-0.1, -0.05) is 36.4 Å². The maximum Gasteiger partial charge on any atom is 0.285 e. The topological polar surface area (TPSA) is 128 Å². The number of sulfonamides is 1. The van der Waals surface area contributed by atoms with Gasteiger partial charge in [-0.25, -0.2) is 0 Å². The molecule has 5 N–H and O–H groups in total. The Morgan fingerprint density at radius 1 is 0.929 bits per heavy atom. The van der Waals surface area contributed by atoms with Gasteiger partial charge in [0.15, 0.2) is 5.78 Å². The number of nitrogens with two attached hydrogens (primary N) is 2. The Labute approximate surface area is 162 Å². The number of hydrogen-bond acceptors (Lipinski definition) is 4. The van der Waals surface area contributed by atoms with Crippen LogP contribution in [0.3, 0.4) is 0 Å². The van der Waals surface area contributed by atoms with E-state index in [1.165, 1.54) is 24.4 Å². The fraction of sp³-hybridized carbons (Fsp3) is 0. The van der Waals surface area contributed by atoms with E-state index in [1.807, 2.05) is 36.4 Å². The van der Waals surface area contributed by atoms with Crippen molar-refractivity contribution in [2.75, 3.05) is 5.32 Å². The predicted molar refractivity (Wildman–Crippen MR) is 110 cm³/mol. The molecule has 3 aromatic rings. The van der Waals surface area contributed by atoms with Crippen molar-refractivity contribution >= 4 is 38.2 Å². The molecule has 0 atom stereocenters. The van der Waals surface area contributed by atoms with Crippen LogP contribution in [0.1, 0.15) is 10.4 Å². The molecule has 142 valence electrons. The summed E-state index contributed by atoms with van der Waals surface area (Å²) in [7, 11) is -3.93. The average molecular weight is 394 g/mol. The van der Waals surface area contributed by atoms with Gasteiger partial charge in [-0.05, 0) is 41.1 Å². The molecule has 3 rings (SSSR count). The Kier molecular flexibility index (Phi) is 5.42. The van der Waals surface area contributed by atoms with Crippen LogP contribution >= 0.6 is 0 Å². The highest BCUT2D eigenvalue weighted by atomic mass is 32.2. The summed E-state index contributed by atoms with van der Waals surface area (Å²) in [6.07, 6.45) is 2.91. The molecule has 0 aliphatic carbocycles. The molecule has 8 heteroatoms. The van der Waals surface area contributed by atoms with Crippen LogP contribution in [0.4, 0.5) is 5.69 Å². The zero-order valence-electron chi connectivity index (χ0n) is 14.7. The third-order valence-corrected chi connectivity index (χ3v) is 5.22. The Morgan fingerprint density at radius 3 is 2.29 bits per heavy atom. The maximum absolute atomic E-state index is 12.3. The molecule has 0 amide bonds. The number of benzene rings is 3. The second kappa shape index (κ2) is 7.93. The van der Waals surface area contributed by atoms with Gasteiger partial charge in [0.05, 0.1) is 4.90 Å². The number of anilines is 1. The SMILES string of the molecule is NC(N)=NS(=O)(=O)c1ccc(NC=CC(=O)c2ccc3ccccc3c2)cc1. The quantitative estimate of drug-likeness (QED) is 0.255. The van der Waals surface area contributed by atoms with Crippen LogP contribution in [-0.2, 0) is 10.0 Å². The Bertz CT molecular complexity index is 1180. The van der Waals surface area contributed by atoms with E-state index < -0.39 is 16.0 Å². The third-order valence-electron chi connectivity index (χ3n) is 3.90. The number of carbonyl (C=O) groups excluding carboxylic acids is 1. The van der Waals surface area contributed by atoms with E-state index >= 15 is 0 Å². The highest BCUT2D eigenvalue weighted by Crippen LogP contribution is 2.17. The molecule has 0 saturated heterocycles. The molecule has 0 aliphatic heterocycles. The van der Waals surface area contributed by atoms with Crippen molar-refractivity contribution in [2.45, 2.75) is 4.90 Å². The van der Waals surface area contributed by atoms with E-state index in [0.717, 1.165) is 10.8 Å². The number of nitrogens with zero attached hydrogens (tertiary/aromatic N) is 1. The number of fused-ring (bicyclic) bond motifs is 1. The molecule has 0 bridgehead atoms. The molecule has 0 aliphatic rings. The fourth-order valence-electron chi connectivity index (χ4n) is 2.57. The third kappa shape index (κ3) is 4.54. The van der Waals surface area contributed by atoms with Crippen LogP contribution < -0.4 is 16.8 Å². The van der Waals surface area contributed by atoms with Gasteiger partial charge in [-0.2, -0.15) is 8.42 Å². The lowest BCUT2D eigenvalue weighted by atomic mass is 10.0.